The lowest BCUT2D eigenvalue weighted by Gasteiger charge is -2.26. The highest BCUT2D eigenvalue weighted by atomic mass is 19.1. The Hall–Kier alpha value is -4.55. The highest BCUT2D eigenvalue weighted by Crippen LogP contribution is 2.23. The molecule has 1 aliphatic heterocycles. The van der Waals surface area contributed by atoms with Gasteiger partial charge in [0.15, 0.2) is 6.19 Å². The maximum atomic E-state index is 13.2. The van der Waals surface area contributed by atoms with Crippen LogP contribution in [-0.4, -0.2) is 64.0 Å². The number of pyridine rings is 2. The van der Waals surface area contributed by atoms with Crippen LogP contribution in [0.4, 0.5) is 4.39 Å². The van der Waals surface area contributed by atoms with Crippen LogP contribution in [0.15, 0.2) is 46.8 Å². The van der Waals surface area contributed by atoms with Crippen molar-refractivity contribution in [3.63, 3.8) is 0 Å². The van der Waals surface area contributed by atoms with Crippen molar-refractivity contribution in [3.8, 4) is 18.1 Å². The molecule has 1 fully saturated rings. The predicted molar refractivity (Wildman–Crippen MR) is 135 cm³/mol. The summed E-state index contributed by atoms with van der Waals surface area (Å²) < 4.78 is 24.9. The molecule has 0 unspecified atom stereocenters. The van der Waals surface area contributed by atoms with Crippen molar-refractivity contribution < 1.29 is 13.9 Å². The summed E-state index contributed by atoms with van der Waals surface area (Å²) in [7, 11) is 3.25. The van der Waals surface area contributed by atoms with Gasteiger partial charge in [-0.3, -0.25) is 14.4 Å². The van der Waals surface area contributed by atoms with E-state index in [1.165, 1.54) is 18.3 Å². The quantitative estimate of drug-likeness (QED) is 0.232. The Balaban J connectivity index is 0.00000121. The van der Waals surface area contributed by atoms with E-state index < -0.39 is 5.82 Å². The summed E-state index contributed by atoms with van der Waals surface area (Å²) >= 11 is 0. The molecular formula is C25H28FN9O2. The van der Waals surface area contributed by atoms with E-state index in [1.54, 1.807) is 35.7 Å². The lowest BCUT2D eigenvalue weighted by molar-refractivity contribution is 0.277. The Bertz CT molecular complexity index is 1350. The van der Waals surface area contributed by atoms with Gasteiger partial charge < -0.3 is 20.2 Å². The topological polar surface area (TPSA) is 150 Å². The Morgan fingerprint density at radius 3 is 2.51 bits per heavy atom. The van der Waals surface area contributed by atoms with Crippen LogP contribution < -0.4 is 10.6 Å². The second kappa shape index (κ2) is 13.0. The fourth-order valence-corrected chi connectivity index (χ4v) is 3.85. The SMILES string of the molecule is CC(=NC1CCN(C#N)CC1)/C(=N\N)c1cc(OCc2ccc(F)cn2)n2c(C#N)cnc2c1.COC. The number of rotatable bonds is 6. The smallest absolute Gasteiger partial charge is 0.201 e. The van der Waals surface area contributed by atoms with Crippen molar-refractivity contribution in [2.24, 2.45) is 15.9 Å². The number of hydrogen-bond acceptors (Lipinski definition) is 10. The van der Waals surface area contributed by atoms with E-state index in [0.29, 0.717) is 53.0 Å². The van der Waals surface area contributed by atoms with Gasteiger partial charge in [-0.05, 0) is 38.0 Å². The van der Waals surface area contributed by atoms with E-state index in [-0.39, 0.29) is 12.6 Å². The van der Waals surface area contributed by atoms with Crippen molar-refractivity contribution in [2.75, 3.05) is 27.3 Å². The fraction of sp³-hybridized carbons (Fsp3) is 0.360. The average Bonchev–Trinajstić information content (AvgIpc) is 3.33. The first-order chi connectivity index (χ1) is 17.9. The number of ether oxygens (including phenoxy) is 2. The van der Waals surface area contributed by atoms with E-state index >= 15 is 0 Å². The lowest BCUT2D eigenvalue weighted by Crippen LogP contribution is -2.32. The minimum Gasteiger partial charge on any atom is -0.472 e. The summed E-state index contributed by atoms with van der Waals surface area (Å²) in [6.07, 6.45) is 6.27. The molecule has 11 nitrogen and oxygen atoms in total. The van der Waals surface area contributed by atoms with Crippen molar-refractivity contribution in [3.05, 3.63) is 59.4 Å². The van der Waals surface area contributed by atoms with Gasteiger partial charge in [-0.2, -0.15) is 15.6 Å². The third kappa shape index (κ3) is 6.78. The van der Waals surface area contributed by atoms with Crippen molar-refractivity contribution >= 4 is 17.1 Å². The number of nitrogens with two attached hydrogens (primary N) is 1. The van der Waals surface area contributed by atoms with Gasteiger partial charge in [-0.1, -0.05) is 0 Å². The zero-order valence-electron chi connectivity index (χ0n) is 20.9. The maximum Gasteiger partial charge on any atom is 0.201 e. The first-order valence-electron chi connectivity index (χ1n) is 11.5. The van der Waals surface area contributed by atoms with Crippen LogP contribution in [0, 0.1) is 28.6 Å². The van der Waals surface area contributed by atoms with E-state index in [0.717, 1.165) is 19.0 Å². The number of methoxy groups -OCH3 is 1. The lowest BCUT2D eigenvalue weighted by atomic mass is 10.0. The third-order valence-electron chi connectivity index (χ3n) is 5.57. The zero-order valence-corrected chi connectivity index (χ0v) is 20.9. The first-order valence-corrected chi connectivity index (χ1v) is 11.5. The molecule has 192 valence electrons. The number of hydrogen-bond donors (Lipinski definition) is 1. The standard InChI is InChI=1S/C23H22FN9O.C2H6O/c1-15(30-18-4-6-32(14-26)7-5-18)23(31-27)16-8-21-29-12-20(10-25)33(21)22(9-16)34-13-19-3-2-17(24)11-28-19;1-3-2/h2-3,8-9,11-12,18H,4-7,13,27H2,1H3;1-2H3/b30-15?,31-23+;. The Labute approximate surface area is 214 Å². The molecule has 0 saturated carbocycles. The second-order valence-corrected chi connectivity index (χ2v) is 8.21. The molecule has 0 spiro atoms. The highest BCUT2D eigenvalue weighted by molar-refractivity contribution is 6.47. The van der Waals surface area contributed by atoms with E-state index in [2.05, 4.69) is 32.1 Å². The van der Waals surface area contributed by atoms with Gasteiger partial charge in [0.1, 0.15) is 35.5 Å². The van der Waals surface area contributed by atoms with Gasteiger partial charge in [-0.25, -0.2) is 9.37 Å². The molecule has 0 radical (unpaired) electrons. The number of piperidine rings is 1. The number of fused-ring (bicyclic) bond motifs is 1. The number of nitrogens with zero attached hydrogens (tertiary/aromatic N) is 8. The summed E-state index contributed by atoms with van der Waals surface area (Å²) in [5.74, 6) is 5.65. The van der Waals surface area contributed by atoms with Crippen molar-refractivity contribution in [1.82, 2.24) is 19.3 Å². The normalized spacial score (nSPS) is 14.5. The van der Waals surface area contributed by atoms with Gasteiger partial charge in [0.05, 0.1) is 29.8 Å². The molecule has 0 atom stereocenters. The van der Waals surface area contributed by atoms with Crippen molar-refractivity contribution in [1.29, 1.82) is 10.5 Å². The monoisotopic (exact) mass is 505 g/mol. The molecule has 12 heteroatoms. The molecule has 37 heavy (non-hydrogen) atoms. The largest absolute Gasteiger partial charge is 0.472 e. The van der Waals surface area contributed by atoms with Crippen LogP contribution in [-0.2, 0) is 11.3 Å². The van der Waals surface area contributed by atoms with Gasteiger partial charge in [-0.15, -0.1) is 0 Å². The minimum atomic E-state index is -0.439. The molecule has 3 aromatic rings. The highest BCUT2D eigenvalue weighted by Gasteiger charge is 2.20. The molecule has 3 aromatic heterocycles. The van der Waals surface area contributed by atoms with Crippen molar-refractivity contribution in [2.45, 2.75) is 32.4 Å². The van der Waals surface area contributed by atoms with Crippen LogP contribution in [0.3, 0.4) is 0 Å². The van der Waals surface area contributed by atoms with Crippen LogP contribution >= 0.6 is 0 Å². The van der Waals surface area contributed by atoms with E-state index in [1.807, 2.05) is 6.92 Å². The van der Waals surface area contributed by atoms with Crippen LogP contribution in [0.25, 0.3) is 5.65 Å². The molecule has 0 aromatic carbocycles. The molecule has 4 rings (SSSR count). The second-order valence-electron chi connectivity index (χ2n) is 8.21. The molecule has 0 amide bonds. The third-order valence-corrected chi connectivity index (χ3v) is 5.57. The molecule has 2 N–H and O–H groups in total. The van der Waals surface area contributed by atoms with E-state index in [4.69, 9.17) is 20.8 Å². The number of halogens is 1. The molecule has 0 bridgehead atoms. The summed E-state index contributed by atoms with van der Waals surface area (Å²) in [6.45, 7) is 3.22. The predicted octanol–water partition coefficient (Wildman–Crippen LogP) is 2.65. The van der Waals surface area contributed by atoms with Gasteiger partial charge >= 0.3 is 0 Å². The molecule has 1 aliphatic rings. The molecule has 4 heterocycles. The molecular weight excluding hydrogens is 477 g/mol. The van der Waals surface area contributed by atoms with Crippen LogP contribution in [0.5, 0.6) is 5.88 Å². The summed E-state index contributed by atoms with van der Waals surface area (Å²) in [5, 5.41) is 22.5. The molecule has 1 saturated heterocycles. The molecule has 0 aliphatic carbocycles. The number of likely N-dealkylation sites (tertiary alicyclic amines) is 1. The minimum absolute atomic E-state index is 0.0571. The fourth-order valence-electron chi connectivity index (χ4n) is 3.85. The van der Waals surface area contributed by atoms with Gasteiger partial charge in [0.25, 0.3) is 0 Å². The number of aliphatic imine (C=N–C) groups is 1. The Kier molecular flexibility index (Phi) is 9.47. The Morgan fingerprint density at radius 1 is 1.19 bits per heavy atom. The summed E-state index contributed by atoms with van der Waals surface area (Å²) in [4.78, 5) is 14.8. The Morgan fingerprint density at radius 2 is 1.92 bits per heavy atom. The first kappa shape index (κ1) is 27.0. The number of hydrazone groups is 1. The van der Waals surface area contributed by atoms with Gasteiger partial charge in [0, 0.05) is 38.9 Å². The number of aromatic nitrogens is 3. The number of nitriles is 2. The average molecular weight is 506 g/mol. The van der Waals surface area contributed by atoms with E-state index in [9.17, 15) is 9.65 Å². The number of imidazole rings is 1. The maximum absolute atomic E-state index is 13.2. The van der Waals surface area contributed by atoms with Crippen LogP contribution in [0.2, 0.25) is 0 Å². The summed E-state index contributed by atoms with van der Waals surface area (Å²) in [5.41, 5.74) is 3.05. The van der Waals surface area contributed by atoms with Crippen LogP contribution in [0.1, 0.15) is 36.7 Å². The zero-order chi connectivity index (χ0) is 26.8. The summed E-state index contributed by atoms with van der Waals surface area (Å²) in [6, 6.07) is 8.46. The van der Waals surface area contributed by atoms with Gasteiger partial charge in [0.2, 0.25) is 5.88 Å².